The first-order valence-corrected chi connectivity index (χ1v) is 6.34. The molecule has 1 amide bonds. The molecule has 1 fully saturated rings. The van der Waals surface area contributed by atoms with Crippen LogP contribution in [0.15, 0.2) is 0 Å². The van der Waals surface area contributed by atoms with Gasteiger partial charge in [0, 0.05) is 19.4 Å². The van der Waals surface area contributed by atoms with Gasteiger partial charge in [-0.2, -0.15) is 0 Å². The number of amides is 1. The number of hydrogen-bond donors (Lipinski definition) is 0. The molecule has 0 aromatic heterocycles. The van der Waals surface area contributed by atoms with Gasteiger partial charge in [-0.25, -0.2) is 0 Å². The molecule has 0 aromatic rings. The van der Waals surface area contributed by atoms with E-state index in [0.717, 1.165) is 6.42 Å². The van der Waals surface area contributed by atoms with Crippen molar-refractivity contribution >= 4 is 43.6 Å². The summed E-state index contributed by atoms with van der Waals surface area (Å²) >= 11 is 6.83. The summed E-state index contributed by atoms with van der Waals surface area (Å²) in [5.41, 5.74) is 0. The summed E-state index contributed by atoms with van der Waals surface area (Å²) in [6.07, 6.45) is 0.866. The van der Waals surface area contributed by atoms with Crippen molar-refractivity contribution in [3.8, 4) is 0 Å². The fourth-order valence-electron chi connectivity index (χ4n) is 1.95. The van der Waals surface area contributed by atoms with Crippen LogP contribution in [0, 0.1) is 5.92 Å². The summed E-state index contributed by atoms with van der Waals surface area (Å²) in [4.78, 5) is 24.4. The number of alkyl halides is 2. The Labute approximate surface area is 100 Å². The minimum atomic E-state index is -0.267. The lowest BCUT2D eigenvalue weighted by atomic mass is 10.00. The largest absolute Gasteiger partial charge is 0.333 e. The van der Waals surface area contributed by atoms with Crippen LogP contribution in [0.5, 0.6) is 0 Å². The number of hydrogen-bond acceptors (Lipinski definition) is 2. The van der Waals surface area contributed by atoms with E-state index in [1.54, 1.807) is 11.8 Å². The van der Waals surface area contributed by atoms with Crippen LogP contribution >= 0.6 is 31.9 Å². The van der Waals surface area contributed by atoms with E-state index in [-0.39, 0.29) is 27.4 Å². The van der Waals surface area contributed by atoms with Gasteiger partial charge in [0.05, 0.1) is 9.78 Å². The number of carbonyl (C=O) groups is 2. The second-order valence-corrected chi connectivity index (χ2v) is 6.76. The van der Waals surface area contributed by atoms with Crippen molar-refractivity contribution in [3.63, 3.8) is 0 Å². The second-order valence-electron chi connectivity index (χ2n) is 3.55. The van der Waals surface area contributed by atoms with Crippen molar-refractivity contribution in [1.82, 2.24) is 4.90 Å². The number of likely N-dealkylation sites (tertiary alicyclic amines) is 1. The molecule has 1 aliphatic rings. The molecule has 14 heavy (non-hydrogen) atoms. The number of ketones is 1. The maximum Gasteiger partial charge on any atom is 0.220 e. The fourth-order valence-corrected chi connectivity index (χ4v) is 3.06. The number of carbonyl (C=O) groups excluding carboxylic acids is 2. The lowest BCUT2D eigenvalue weighted by Crippen LogP contribution is -2.42. The molecule has 3 nitrogen and oxygen atoms in total. The normalized spacial score (nSPS) is 27.1. The van der Waals surface area contributed by atoms with Gasteiger partial charge in [-0.3, -0.25) is 9.59 Å². The van der Waals surface area contributed by atoms with Crippen LogP contribution in [-0.4, -0.2) is 32.9 Å². The molecule has 0 radical (unpaired) electrons. The van der Waals surface area contributed by atoms with Gasteiger partial charge >= 0.3 is 0 Å². The molecule has 0 N–H and O–H groups in total. The van der Waals surface area contributed by atoms with Crippen molar-refractivity contribution in [1.29, 1.82) is 0 Å². The highest BCUT2D eigenvalue weighted by Gasteiger charge is 2.41. The molecule has 1 aliphatic heterocycles. The Hall–Kier alpha value is 0.1000. The highest BCUT2D eigenvalue weighted by atomic mass is 79.9. The third kappa shape index (κ3) is 2.37. The van der Waals surface area contributed by atoms with Gasteiger partial charge < -0.3 is 4.90 Å². The lowest BCUT2D eigenvalue weighted by Gasteiger charge is -2.25. The van der Waals surface area contributed by atoms with Gasteiger partial charge in [0.15, 0.2) is 5.78 Å². The summed E-state index contributed by atoms with van der Waals surface area (Å²) < 4.78 is 0.0910. The van der Waals surface area contributed by atoms with E-state index < -0.39 is 0 Å². The average molecular weight is 327 g/mol. The number of Topliss-reactive ketones (excluding diaryl/α,β-unsaturated/α-hetero) is 1. The molecule has 1 saturated heterocycles. The molecule has 1 rings (SSSR count). The monoisotopic (exact) mass is 325 g/mol. The van der Waals surface area contributed by atoms with Crippen LogP contribution in [0.3, 0.4) is 0 Å². The maximum atomic E-state index is 11.4. The minimum absolute atomic E-state index is 0.0200. The van der Waals surface area contributed by atoms with E-state index in [1.807, 2.05) is 0 Å². The van der Waals surface area contributed by atoms with Gasteiger partial charge in [0.1, 0.15) is 0 Å². The van der Waals surface area contributed by atoms with Crippen molar-refractivity contribution in [2.24, 2.45) is 5.92 Å². The second kappa shape index (κ2) is 4.75. The third-order valence-corrected chi connectivity index (χ3v) is 3.95. The van der Waals surface area contributed by atoms with Crippen molar-refractivity contribution in [2.75, 3.05) is 6.54 Å². The average Bonchev–Trinajstić information content (AvgIpc) is 2.46. The molecule has 2 atom stereocenters. The molecule has 0 aliphatic carbocycles. The van der Waals surface area contributed by atoms with Gasteiger partial charge in [0.25, 0.3) is 0 Å². The molecule has 0 unspecified atom stereocenters. The standard InChI is InChI=1S/C9H13Br2NO2/c1-5(13)8-7(9(10)11)3-4-12(8)6(2)14/h7-9H,3-4H2,1-2H3/t7-,8+/m0/s1. The SMILES string of the molecule is CC(=O)[C@@H]1[C@@H](C(Br)Br)CCN1C(C)=O. The molecule has 0 aromatic carbocycles. The topological polar surface area (TPSA) is 37.4 Å². The Bertz CT molecular complexity index is 255. The molecule has 0 saturated carbocycles. The molecule has 0 spiro atoms. The van der Waals surface area contributed by atoms with E-state index in [9.17, 15) is 9.59 Å². The van der Waals surface area contributed by atoms with Crippen LogP contribution < -0.4 is 0 Å². The predicted octanol–water partition coefficient (Wildman–Crippen LogP) is 1.93. The van der Waals surface area contributed by atoms with E-state index in [4.69, 9.17) is 0 Å². The smallest absolute Gasteiger partial charge is 0.220 e. The van der Waals surface area contributed by atoms with Gasteiger partial charge in [-0.15, -0.1) is 0 Å². The Balaban J connectivity index is 2.85. The molecule has 0 bridgehead atoms. The molecule has 1 heterocycles. The Morgan fingerprint density at radius 1 is 1.36 bits per heavy atom. The van der Waals surface area contributed by atoms with Crippen molar-refractivity contribution in [3.05, 3.63) is 0 Å². The molecular formula is C9H13Br2NO2. The van der Waals surface area contributed by atoms with Crippen LogP contribution in [0.25, 0.3) is 0 Å². The number of halogens is 2. The van der Waals surface area contributed by atoms with Gasteiger partial charge in [-0.05, 0) is 13.3 Å². The van der Waals surface area contributed by atoms with Gasteiger partial charge in [0.2, 0.25) is 5.91 Å². The summed E-state index contributed by atoms with van der Waals surface area (Å²) in [5, 5.41) is 0. The van der Waals surface area contributed by atoms with Crippen LogP contribution in [0.4, 0.5) is 0 Å². The Kier molecular flexibility index (Phi) is 4.13. The zero-order chi connectivity index (χ0) is 10.9. The minimum Gasteiger partial charge on any atom is -0.333 e. The molecule has 80 valence electrons. The van der Waals surface area contributed by atoms with E-state index in [2.05, 4.69) is 31.9 Å². The van der Waals surface area contributed by atoms with E-state index >= 15 is 0 Å². The summed E-state index contributed by atoms with van der Waals surface area (Å²) in [6.45, 7) is 3.73. The maximum absolute atomic E-state index is 11.4. The van der Waals surface area contributed by atoms with Crippen LogP contribution in [0.2, 0.25) is 0 Å². The third-order valence-electron chi connectivity index (χ3n) is 2.59. The van der Waals surface area contributed by atoms with Gasteiger partial charge in [-0.1, -0.05) is 31.9 Å². The van der Waals surface area contributed by atoms with Crippen LogP contribution in [-0.2, 0) is 9.59 Å². The molecular weight excluding hydrogens is 314 g/mol. The fraction of sp³-hybridized carbons (Fsp3) is 0.778. The Morgan fingerprint density at radius 3 is 2.29 bits per heavy atom. The van der Waals surface area contributed by atoms with Crippen LogP contribution in [0.1, 0.15) is 20.3 Å². The molecule has 5 heteroatoms. The summed E-state index contributed by atoms with van der Waals surface area (Å²) in [7, 11) is 0. The van der Waals surface area contributed by atoms with E-state index in [0.29, 0.717) is 6.54 Å². The first kappa shape index (κ1) is 12.2. The zero-order valence-electron chi connectivity index (χ0n) is 8.17. The van der Waals surface area contributed by atoms with Crippen molar-refractivity contribution < 1.29 is 9.59 Å². The highest BCUT2D eigenvalue weighted by molar-refractivity contribution is 9.24. The number of rotatable bonds is 2. The number of nitrogens with zero attached hydrogens (tertiary/aromatic N) is 1. The Morgan fingerprint density at radius 2 is 1.93 bits per heavy atom. The summed E-state index contributed by atoms with van der Waals surface area (Å²) in [6, 6.07) is -0.267. The van der Waals surface area contributed by atoms with Crippen molar-refractivity contribution in [2.45, 2.75) is 30.0 Å². The quantitative estimate of drug-likeness (QED) is 0.727. The summed E-state index contributed by atoms with van der Waals surface area (Å²) in [5.74, 6) is 0.219. The first-order chi connectivity index (χ1) is 6.45. The predicted molar refractivity (Wildman–Crippen MR) is 61.6 cm³/mol. The van der Waals surface area contributed by atoms with E-state index in [1.165, 1.54) is 6.92 Å². The lowest BCUT2D eigenvalue weighted by molar-refractivity contribution is -0.135. The zero-order valence-corrected chi connectivity index (χ0v) is 11.3. The first-order valence-electron chi connectivity index (χ1n) is 4.51. The highest BCUT2D eigenvalue weighted by Crippen LogP contribution is 2.34.